The molecule has 0 spiro atoms. The molecular formula is C29H27NO. The molecule has 2 nitrogen and oxygen atoms in total. The molecule has 2 heteroatoms. The van der Waals surface area contributed by atoms with E-state index in [-0.39, 0.29) is 5.78 Å². The summed E-state index contributed by atoms with van der Waals surface area (Å²) in [5, 5.41) is 0. The molecular weight excluding hydrogens is 378 g/mol. The van der Waals surface area contributed by atoms with Gasteiger partial charge in [0.15, 0.2) is 5.78 Å². The molecule has 0 fully saturated rings. The Balaban J connectivity index is 1.65. The molecule has 154 valence electrons. The second-order valence-corrected chi connectivity index (χ2v) is 7.66. The summed E-state index contributed by atoms with van der Waals surface area (Å²) in [6.45, 7) is 2.11. The van der Waals surface area contributed by atoms with Gasteiger partial charge >= 0.3 is 0 Å². The predicted molar refractivity (Wildman–Crippen MR) is 130 cm³/mol. The minimum atomic E-state index is 0.222. The molecule has 4 aromatic rings. The number of unbranched alkanes of at least 4 members (excludes halogenated alkanes) is 1. The molecule has 0 heterocycles. The van der Waals surface area contributed by atoms with E-state index < -0.39 is 0 Å². The summed E-state index contributed by atoms with van der Waals surface area (Å²) in [5.74, 6) is 0.222. The van der Waals surface area contributed by atoms with E-state index in [2.05, 4.69) is 90.7 Å². The second kappa shape index (κ2) is 9.90. The second-order valence-electron chi connectivity index (χ2n) is 7.66. The fourth-order valence-electron chi connectivity index (χ4n) is 3.76. The van der Waals surface area contributed by atoms with E-state index in [1.807, 2.05) is 30.3 Å². The lowest BCUT2D eigenvalue weighted by molar-refractivity contribution is 0.0980. The third-order valence-corrected chi connectivity index (χ3v) is 5.43. The Bertz CT molecular complexity index is 1080. The summed E-state index contributed by atoms with van der Waals surface area (Å²) < 4.78 is 0. The first-order chi connectivity index (χ1) is 15.3. The maximum absolute atomic E-state index is 12.4. The lowest BCUT2D eigenvalue weighted by atomic mass is 9.99. The Morgan fingerprint density at radius 1 is 0.645 bits per heavy atom. The summed E-state index contributed by atoms with van der Waals surface area (Å²) in [7, 11) is 0. The number of Topliss-reactive ketones (excluding diaryl/α,β-unsaturated/α-hetero) is 1. The van der Waals surface area contributed by atoms with Gasteiger partial charge in [-0.25, -0.2) is 0 Å². The smallest absolute Gasteiger partial charge is 0.162 e. The topological polar surface area (TPSA) is 20.3 Å². The lowest BCUT2D eigenvalue weighted by Gasteiger charge is -2.25. The third kappa shape index (κ3) is 4.92. The molecule has 4 rings (SSSR count). The first kappa shape index (κ1) is 20.6. The largest absolute Gasteiger partial charge is 0.311 e. The fraction of sp³-hybridized carbons (Fsp3) is 0.138. The van der Waals surface area contributed by atoms with E-state index in [1.165, 1.54) is 0 Å². The molecule has 0 aliphatic carbocycles. The maximum atomic E-state index is 12.4. The third-order valence-electron chi connectivity index (χ3n) is 5.43. The molecule has 0 aliphatic rings. The first-order valence-electron chi connectivity index (χ1n) is 10.9. The van der Waals surface area contributed by atoms with Crippen LogP contribution in [0.4, 0.5) is 17.1 Å². The van der Waals surface area contributed by atoms with Gasteiger partial charge in [0.25, 0.3) is 0 Å². The highest BCUT2D eigenvalue weighted by molar-refractivity contribution is 5.97. The van der Waals surface area contributed by atoms with Gasteiger partial charge in [-0.05, 0) is 60.0 Å². The van der Waals surface area contributed by atoms with E-state index in [1.54, 1.807) is 0 Å². The zero-order valence-corrected chi connectivity index (χ0v) is 17.9. The maximum Gasteiger partial charge on any atom is 0.162 e. The van der Waals surface area contributed by atoms with Crippen molar-refractivity contribution in [1.29, 1.82) is 0 Å². The van der Waals surface area contributed by atoms with E-state index in [9.17, 15) is 4.79 Å². The fourth-order valence-corrected chi connectivity index (χ4v) is 3.76. The minimum Gasteiger partial charge on any atom is -0.311 e. The average molecular weight is 406 g/mol. The number of hydrogen-bond acceptors (Lipinski definition) is 2. The van der Waals surface area contributed by atoms with Gasteiger partial charge < -0.3 is 4.90 Å². The molecule has 0 aromatic heterocycles. The number of nitrogens with zero attached hydrogens (tertiary/aromatic N) is 1. The van der Waals surface area contributed by atoms with Crippen molar-refractivity contribution in [3.8, 4) is 11.1 Å². The van der Waals surface area contributed by atoms with Crippen LogP contribution in [0, 0.1) is 0 Å². The molecule has 31 heavy (non-hydrogen) atoms. The van der Waals surface area contributed by atoms with Gasteiger partial charge in [0.1, 0.15) is 0 Å². The van der Waals surface area contributed by atoms with Crippen LogP contribution in [0.3, 0.4) is 0 Å². The van der Waals surface area contributed by atoms with Crippen molar-refractivity contribution in [3.05, 3.63) is 115 Å². The SMILES string of the molecule is CCCCC(=O)c1cccc(-c2ccc(N(c3ccccc3)c3ccccc3)cc2)c1. The van der Waals surface area contributed by atoms with Crippen LogP contribution in [0.25, 0.3) is 11.1 Å². The van der Waals surface area contributed by atoms with Crippen LogP contribution in [0.5, 0.6) is 0 Å². The van der Waals surface area contributed by atoms with Crippen molar-refractivity contribution in [2.45, 2.75) is 26.2 Å². The Morgan fingerprint density at radius 2 is 1.23 bits per heavy atom. The van der Waals surface area contributed by atoms with Crippen molar-refractivity contribution >= 4 is 22.8 Å². The van der Waals surface area contributed by atoms with Crippen LogP contribution in [-0.4, -0.2) is 5.78 Å². The van der Waals surface area contributed by atoms with Crippen LogP contribution < -0.4 is 4.90 Å². The minimum absolute atomic E-state index is 0.222. The number of carbonyl (C=O) groups is 1. The monoisotopic (exact) mass is 405 g/mol. The van der Waals surface area contributed by atoms with Gasteiger partial charge in [-0.3, -0.25) is 4.79 Å². The Kier molecular flexibility index (Phi) is 6.59. The predicted octanol–water partition coefficient (Wildman–Crippen LogP) is 8.20. The van der Waals surface area contributed by atoms with Crippen LogP contribution in [0.1, 0.15) is 36.5 Å². The number of para-hydroxylation sites is 2. The number of anilines is 3. The van der Waals surface area contributed by atoms with Gasteiger partial charge in [0.2, 0.25) is 0 Å². The summed E-state index contributed by atoms with van der Waals surface area (Å²) >= 11 is 0. The number of ketones is 1. The number of rotatable bonds is 8. The van der Waals surface area contributed by atoms with Crippen molar-refractivity contribution in [2.24, 2.45) is 0 Å². The molecule has 0 saturated carbocycles. The highest BCUT2D eigenvalue weighted by Gasteiger charge is 2.12. The van der Waals surface area contributed by atoms with E-state index >= 15 is 0 Å². The molecule has 0 N–H and O–H groups in total. The van der Waals surface area contributed by atoms with Crippen molar-refractivity contribution in [3.63, 3.8) is 0 Å². The highest BCUT2D eigenvalue weighted by Crippen LogP contribution is 2.35. The molecule has 0 saturated heterocycles. The normalized spacial score (nSPS) is 10.6. The highest BCUT2D eigenvalue weighted by atomic mass is 16.1. The summed E-state index contributed by atoms with van der Waals surface area (Å²) in [6, 6.07) is 37.3. The van der Waals surface area contributed by atoms with Gasteiger partial charge in [-0.15, -0.1) is 0 Å². The van der Waals surface area contributed by atoms with E-state index in [0.717, 1.165) is 46.6 Å². The summed E-state index contributed by atoms with van der Waals surface area (Å²) in [5.41, 5.74) is 6.30. The Morgan fingerprint density at radius 3 is 1.81 bits per heavy atom. The molecule has 0 radical (unpaired) electrons. The molecule has 0 aliphatic heterocycles. The summed E-state index contributed by atoms with van der Waals surface area (Å²) in [4.78, 5) is 14.7. The summed E-state index contributed by atoms with van der Waals surface area (Å²) in [6.07, 6.45) is 2.58. The zero-order chi connectivity index (χ0) is 21.5. The first-order valence-corrected chi connectivity index (χ1v) is 10.9. The quantitative estimate of drug-likeness (QED) is 0.275. The van der Waals surface area contributed by atoms with E-state index in [4.69, 9.17) is 0 Å². The molecule has 0 amide bonds. The van der Waals surface area contributed by atoms with Crippen molar-refractivity contribution in [1.82, 2.24) is 0 Å². The van der Waals surface area contributed by atoms with Crippen LogP contribution in [0.2, 0.25) is 0 Å². The number of benzene rings is 4. The van der Waals surface area contributed by atoms with Crippen molar-refractivity contribution < 1.29 is 4.79 Å². The molecule has 0 atom stereocenters. The number of carbonyl (C=O) groups excluding carboxylic acids is 1. The zero-order valence-electron chi connectivity index (χ0n) is 17.9. The lowest BCUT2D eigenvalue weighted by Crippen LogP contribution is -2.09. The molecule has 0 bridgehead atoms. The van der Waals surface area contributed by atoms with Gasteiger partial charge in [0, 0.05) is 29.0 Å². The van der Waals surface area contributed by atoms with Crippen LogP contribution >= 0.6 is 0 Å². The van der Waals surface area contributed by atoms with Gasteiger partial charge in [0.05, 0.1) is 0 Å². The van der Waals surface area contributed by atoms with Gasteiger partial charge in [-0.1, -0.05) is 80.1 Å². The molecule has 0 unspecified atom stereocenters. The standard InChI is InChI=1S/C29H27NO/c1-2-3-17-29(31)25-12-10-11-24(22-25)23-18-20-28(21-19-23)30(26-13-6-4-7-14-26)27-15-8-5-9-16-27/h4-16,18-22H,2-3,17H2,1H3. The van der Waals surface area contributed by atoms with Crippen LogP contribution in [0.15, 0.2) is 109 Å². The van der Waals surface area contributed by atoms with E-state index in [0.29, 0.717) is 6.42 Å². The molecule has 4 aromatic carbocycles. The van der Waals surface area contributed by atoms with Gasteiger partial charge in [-0.2, -0.15) is 0 Å². The number of hydrogen-bond donors (Lipinski definition) is 0. The Hall–Kier alpha value is -3.65. The van der Waals surface area contributed by atoms with Crippen LogP contribution in [-0.2, 0) is 0 Å². The average Bonchev–Trinajstić information content (AvgIpc) is 2.84. The van der Waals surface area contributed by atoms with Crippen molar-refractivity contribution in [2.75, 3.05) is 4.90 Å². The Labute approximate surface area is 184 Å².